The Kier molecular flexibility index (Phi) is 11.9. The Labute approximate surface area is 127 Å². The first-order valence-corrected chi connectivity index (χ1v) is 6.41. The van der Waals surface area contributed by atoms with E-state index in [2.05, 4.69) is 11.9 Å². The highest BCUT2D eigenvalue weighted by Gasteiger charge is 2.11. The second-order valence-electron chi connectivity index (χ2n) is 4.31. The molecule has 0 aliphatic rings. The summed E-state index contributed by atoms with van der Waals surface area (Å²) in [7, 11) is 0. The number of unbranched alkanes of at least 4 members (excludes halogenated alkanes) is 2. The summed E-state index contributed by atoms with van der Waals surface area (Å²) in [6.07, 6.45) is 6.13. The number of aryl methyl sites for hydroxylation is 2. The Morgan fingerprint density at radius 3 is 2.32 bits per heavy atom. The average Bonchev–Trinajstić information content (AvgIpc) is 2.30. The molecule has 19 heavy (non-hydrogen) atoms. The van der Waals surface area contributed by atoms with E-state index in [1.54, 1.807) is 6.07 Å². The normalized spacial score (nSPS) is 9.37. The molecule has 1 heterocycles. The third-order valence-electron chi connectivity index (χ3n) is 2.79. The van der Waals surface area contributed by atoms with E-state index in [1.807, 2.05) is 13.0 Å². The molecule has 0 aliphatic heterocycles. The number of aromatic nitrogens is 1. The number of carboxylic acids is 1. The zero-order chi connectivity index (χ0) is 12.7. The van der Waals surface area contributed by atoms with Crippen LogP contribution in [0.4, 0.5) is 0 Å². The van der Waals surface area contributed by atoms with Gasteiger partial charge in [0.05, 0.1) is 11.3 Å². The number of rotatable bonds is 7. The molecule has 0 bridgehead atoms. The predicted octanol–water partition coefficient (Wildman–Crippen LogP) is 4.31. The largest absolute Gasteiger partial charge is 0.478 e. The van der Waals surface area contributed by atoms with E-state index in [-0.39, 0.29) is 24.8 Å². The maximum atomic E-state index is 11.0. The molecule has 0 aliphatic carbocycles. The Bertz CT molecular complexity index is 384. The minimum Gasteiger partial charge on any atom is -0.478 e. The number of nitrogens with zero attached hydrogens (tertiary/aromatic N) is 1. The van der Waals surface area contributed by atoms with Crippen LogP contribution in [-0.4, -0.2) is 16.1 Å². The number of pyridine rings is 1. The third kappa shape index (κ3) is 6.79. The molecular weight excluding hydrogens is 285 g/mol. The van der Waals surface area contributed by atoms with Crippen molar-refractivity contribution in [1.29, 1.82) is 0 Å². The number of carbonyl (C=O) groups is 1. The lowest BCUT2D eigenvalue weighted by molar-refractivity contribution is 0.0695. The first kappa shape index (κ1) is 20.5. The van der Waals surface area contributed by atoms with Crippen LogP contribution in [0.5, 0.6) is 0 Å². The van der Waals surface area contributed by atoms with E-state index in [0.717, 1.165) is 37.1 Å². The van der Waals surface area contributed by atoms with Crippen molar-refractivity contribution < 1.29 is 9.90 Å². The molecule has 1 rings (SSSR count). The third-order valence-corrected chi connectivity index (χ3v) is 2.79. The zero-order valence-corrected chi connectivity index (χ0v) is 13.1. The fraction of sp³-hybridized carbons (Fsp3) is 0.571. The molecular formula is C14H23Cl2NO2. The minimum absolute atomic E-state index is 0. The first-order valence-electron chi connectivity index (χ1n) is 6.41. The van der Waals surface area contributed by atoms with Crippen molar-refractivity contribution in [2.75, 3.05) is 0 Å². The van der Waals surface area contributed by atoms with Crippen LogP contribution in [0.2, 0.25) is 0 Å². The van der Waals surface area contributed by atoms with Crippen molar-refractivity contribution in [3.05, 3.63) is 29.1 Å². The quantitative estimate of drug-likeness (QED) is 0.764. The van der Waals surface area contributed by atoms with E-state index in [4.69, 9.17) is 5.11 Å². The van der Waals surface area contributed by atoms with Crippen LogP contribution < -0.4 is 0 Å². The van der Waals surface area contributed by atoms with Crippen molar-refractivity contribution in [3.8, 4) is 0 Å². The fourth-order valence-corrected chi connectivity index (χ4v) is 1.86. The Morgan fingerprint density at radius 1 is 1.11 bits per heavy atom. The van der Waals surface area contributed by atoms with E-state index in [9.17, 15) is 4.79 Å². The molecule has 0 radical (unpaired) electrons. The van der Waals surface area contributed by atoms with Gasteiger partial charge in [-0.25, -0.2) is 4.79 Å². The number of aromatic carboxylic acids is 1. The van der Waals surface area contributed by atoms with Gasteiger partial charge < -0.3 is 5.11 Å². The number of hydrogen-bond donors (Lipinski definition) is 1. The van der Waals surface area contributed by atoms with Gasteiger partial charge >= 0.3 is 5.97 Å². The lowest BCUT2D eigenvalue weighted by Crippen LogP contribution is -2.07. The van der Waals surface area contributed by atoms with Gasteiger partial charge in [-0.15, -0.1) is 24.8 Å². The fourth-order valence-electron chi connectivity index (χ4n) is 1.86. The first-order chi connectivity index (χ1) is 8.19. The second-order valence-corrected chi connectivity index (χ2v) is 4.31. The Balaban J connectivity index is 0. The predicted molar refractivity (Wildman–Crippen MR) is 82.9 cm³/mol. The topological polar surface area (TPSA) is 50.2 Å². The summed E-state index contributed by atoms with van der Waals surface area (Å²) in [6, 6.07) is 3.54. The molecule has 3 nitrogen and oxygen atoms in total. The van der Waals surface area contributed by atoms with Gasteiger partial charge in [0.25, 0.3) is 0 Å². The maximum Gasteiger partial charge on any atom is 0.337 e. The van der Waals surface area contributed by atoms with Crippen LogP contribution in [-0.2, 0) is 12.8 Å². The van der Waals surface area contributed by atoms with E-state index in [0.29, 0.717) is 5.56 Å². The second kappa shape index (κ2) is 11.1. The lowest BCUT2D eigenvalue weighted by atomic mass is 10.1. The van der Waals surface area contributed by atoms with Crippen LogP contribution in [0.15, 0.2) is 12.1 Å². The summed E-state index contributed by atoms with van der Waals surface area (Å²) < 4.78 is 0. The molecule has 1 aromatic rings. The summed E-state index contributed by atoms with van der Waals surface area (Å²) in [5.74, 6) is -0.874. The van der Waals surface area contributed by atoms with Crippen molar-refractivity contribution >= 4 is 30.8 Å². The summed E-state index contributed by atoms with van der Waals surface area (Å²) in [4.78, 5) is 15.5. The number of halogens is 2. The minimum atomic E-state index is -0.874. The summed E-state index contributed by atoms with van der Waals surface area (Å²) in [5, 5.41) is 9.06. The van der Waals surface area contributed by atoms with Gasteiger partial charge in [-0.1, -0.05) is 33.1 Å². The van der Waals surface area contributed by atoms with Gasteiger partial charge in [0.2, 0.25) is 0 Å². The van der Waals surface area contributed by atoms with Crippen molar-refractivity contribution in [2.24, 2.45) is 0 Å². The maximum absolute atomic E-state index is 11.0. The van der Waals surface area contributed by atoms with Crippen LogP contribution >= 0.6 is 24.8 Å². The molecule has 5 heteroatoms. The summed E-state index contributed by atoms with van der Waals surface area (Å²) in [6.45, 7) is 4.21. The Morgan fingerprint density at radius 2 is 1.79 bits per heavy atom. The van der Waals surface area contributed by atoms with E-state index in [1.165, 1.54) is 12.8 Å². The standard InChI is InChI=1S/C14H21NO2.2ClH/c1-3-5-6-8-11-9-10-12(14(16)17)13(15-11)7-4-2;;/h9-10H,3-8H2,1-2H3,(H,16,17);2*1H. The summed E-state index contributed by atoms with van der Waals surface area (Å²) in [5.41, 5.74) is 2.10. The Hall–Kier alpha value is -0.800. The molecule has 0 saturated heterocycles. The molecule has 0 spiro atoms. The van der Waals surface area contributed by atoms with Gasteiger partial charge in [-0.2, -0.15) is 0 Å². The highest BCUT2D eigenvalue weighted by molar-refractivity contribution is 5.88. The summed E-state index contributed by atoms with van der Waals surface area (Å²) >= 11 is 0. The van der Waals surface area contributed by atoms with Gasteiger partial charge in [0.15, 0.2) is 0 Å². The lowest BCUT2D eigenvalue weighted by Gasteiger charge is -2.07. The molecule has 0 unspecified atom stereocenters. The van der Waals surface area contributed by atoms with Gasteiger partial charge in [0, 0.05) is 5.69 Å². The molecule has 1 aromatic heterocycles. The molecule has 110 valence electrons. The molecule has 0 atom stereocenters. The molecule has 0 saturated carbocycles. The van der Waals surface area contributed by atoms with Crippen LogP contribution in [0, 0.1) is 0 Å². The number of hydrogen-bond acceptors (Lipinski definition) is 2. The van der Waals surface area contributed by atoms with E-state index >= 15 is 0 Å². The van der Waals surface area contributed by atoms with Crippen LogP contribution in [0.1, 0.15) is 61.3 Å². The van der Waals surface area contributed by atoms with Crippen LogP contribution in [0.3, 0.4) is 0 Å². The number of carboxylic acid groups (broad SMARTS) is 1. The van der Waals surface area contributed by atoms with Crippen molar-refractivity contribution in [1.82, 2.24) is 4.98 Å². The molecule has 1 N–H and O–H groups in total. The smallest absolute Gasteiger partial charge is 0.337 e. The average molecular weight is 308 g/mol. The van der Waals surface area contributed by atoms with Crippen molar-refractivity contribution in [2.45, 2.75) is 52.4 Å². The monoisotopic (exact) mass is 307 g/mol. The van der Waals surface area contributed by atoms with Gasteiger partial charge in [-0.05, 0) is 31.4 Å². The van der Waals surface area contributed by atoms with E-state index < -0.39 is 5.97 Å². The van der Waals surface area contributed by atoms with Gasteiger partial charge in [-0.3, -0.25) is 4.98 Å². The van der Waals surface area contributed by atoms with Gasteiger partial charge in [0.1, 0.15) is 0 Å². The SMILES string of the molecule is CCCCCc1ccc(C(=O)O)c(CCC)n1.Cl.Cl. The van der Waals surface area contributed by atoms with Crippen LogP contribution in [0.25, 0.3) is 0 Å². The highest BCUT2D eigenvalue weighted by atomic mass is 35.5. The zero-order valence-electron chi connectivity index (χ0n) is 11.5. The molecule has 0 fully saturated rings. The highest BCUT2D eigenvalue weighted by Crippen LogP contribution is 2.12. The molecule has 0 aromatic carbocycles. The molecule has 0 amide bonds. The van der Waals surface area contributed by atoms with Crippen molar-refractivity contribution in [3.63, 3.8) is 0 Å².